The normalized spacial score (nSPS) is 12.5. The minimum absolute atomic E-state index is 0.0968. The SMILES string of the molecule is Cc1cccc(-c2[nH]c(CN(C)CCc3c(F)cccc3F)nc2-c2ccc3c(c2)OCO3)n1. The number of imidazole rings is 1. The lowest BCUT2D eigenvalue weighted by Gasteiger charge is -2.15. The summed E-state index contributed by atoms with van der Waals surface area (Å²) < 4.78 is 38.9. The summed E-state index contributed by atoms with van der Waals surface area (Å²) in [5.74, 6) is 1.06. The average molecular weight is 463 g/mol. The number of fused-ring (bicyclic) bond motifs is 1. The summed E-state index contributed by atoms with van der Waals surface area (Å²) in [5.41, 5.74) is 4.20. The number of halogens is 2. The number of aromatic nitrogens is 3. The van der Waals surface area contributed by atoms with Crippen LogP contribution in [0.2, 0.25) is 0 Å². The zero-order chi connectivity index (χ0) is 23.7. The van der Waals surface area contributed by atoms with E-state index in [4.69, 9.17) is 14.5 Å². The molecule has 0 radical (unpaired) electrons. The average Bonchev–Trinajstić information content (AvgIpc) is 3.45. The molecule has 8 heteroatoms. The Bertz CT molecular complexity index is 1320. The third-order valence-electron chi connectivity index (χ3n) is 5.77. The Balaban J connectivity index is 1.42. The van der Waals surface area contributed by atoms with Crippen molar-refractivity contribution in [3.8, 4) is 34.1 Å². The van der Waals surface area contributed by atoms with Crippen molar-refractivity contribution in [2.24, 2.45) is 0 Å². The number of nitrogens with one attached hydrogen (secondary N) is 1. The highest BCUT2D eigenvalue weighted by molar-refractivity contribution is 5.78. The molecule has 6 nitrogen and oxygen atoms in total. The van der Waals surface area contributed by atoms with E-state index in [1.54, 1.807) is 0 Å². The predicted molar refractivity (Wildman–Crippen MR) is 125 cm³/mol. The number of pyridine rings is 1. The molecule has 34 heavy (non-hydrogen) atoms. The Morgan fingerprint density at radius 1 is 0.971 bits per heavy atom. The lowest BCUT2D eigenvalue weighted by atomic mass is 10.1. The van der Waals surface area contributed by atoms with Crippen molar-refractivity contribution in [1.82, 2.24) is 19.9 Å². The number of benzene rings is 2. The van der Waals surface area contributed by atoms with Crippen LogP contribution in [0.4, 0.5) is 8.78 Å². The third kappa shape index (κ3) is 4.49. The molecule has 0 atom stereocenters. The fourth-order valence-corrected chi connectivity index (χ4v) is 4.03. The summed E-state index contributed by atoms with van der Waals surface area (Å²) in [5, 5.41) is 0. The summed E-state index contributed by atoms with van der Waals surface area (Å²) in [4.78, 5) is 14.9. The fraction of sp³-hybridized carbons (Fsp3) is 0.231. The third-order valence-corrected chi connectivity index (χ3v) is 5.77. The highest BCUT2D eigenvalue weighted by Gasteiger charge is 2.20. The molecular weight excluding hydrogens is 438 g/mol. The van der Waals surface area contributed by atoms with Gasteiger partial charge in [-0.3, -0.25) is 9.88 Å². The van der Waals surface area contributed by atoms with E-state index >= 15 is 0 Å². The zero-order valence-electron chi connectivity index (χ0n) is 18.9. The fourth-order valence-electron chi connectivity index (χ4n) is 4.03. The van der Waals surface area contributed by atoms with Crippen LogP contribution < -0.4 is 9.47 Å². The largest absolute Gasteiger partial charge is 0.454 e. The van der Waals surface area contributed by atoms with Gasteiger partial charge in [-0.15, -0.1) is 0 Å². The molecule has 0 aliphatic carbocycles. The van der Waals surface area contributed by atoms with Crippen LogP contribution in [0.15, 0.2) is 54.6 Å². The number of hydrogen-bond acceptors (Lipinski definition) is 5. The summed E-state index contributed by atoms with van der Waals surface area (Å²) in [6, 6.07) is 15.5. The van der Waals surface area contributed by atoms with Crippen LogP contribution in [0.25, 0.3) is 22.6 Å². The molecular formula is C26H24F2N4O2. The number of hydrogen-bond donors (Lipinski definition) is 1. The molecule has 1 aliphatic rings. The number of H-pyrrole nitrogens is 1. The molecule has 1 aliphatic heterocycles. The molecule has 4 aromatic rings. The van der Waals surface area contributed by atoms with E-state index in [1.807, 2.05) is 55.3 Å². The van der Waals surface area contributed by atoms with Gasteiger partial charge >= 0.3 is 0 Å². The highest BCUT2D eigenvalue weighted by atomic mass is 19.1. The van der Waals surface area contributed by atoms with Gasteiger partial charge in [-0.1, -0.05) is 12.1 Å². The van der Waals surface area contributed by atoms with E-state index in [2.05, 4.69) is 9.97 Å². The smallest absolute Gasteiger partial charge is 0.231 e. The number of likely N-dealkylation sites (N-methyl/N-ethyl adjacent to an activating group) is 1. The van der Waals surface area contributed by atoms with Gasteiger partial charge in [0.05, 0.1) is 23.6 Å². The first-order valence-corrected chi connectivity index (χ1v) is 11.0. The van der Waals surface area contributed by atoms with Gasteiger partial charge in [-0.25, -0.2) is 13.8 Å². The number of ether oxygens (including phenoxy) is 2. The van der Waals surface area contributed by atoms with E-state index in [1.165, 1.54) is 18.2 Å². The van der Waals surface area contributed by atoms with Crippen LogP contribution in [0.5, 0.6) is 11.5 Å². The van der Waals surface area contributed by atoms with Crippen LogP contribution in [0.3, 0.4) is 0 Å². The van der Waals surface area contributed by atoms with E-state index in [0.717, 1.165) is 34.2 Å². The van der Waals surface area contributed by atoms with E-state index in [0.29, 0.717) is 24.6 Å². The van der Waals surface area contributed by atoms with Crippen LogP contribution >= 0.6 is 0 Å². The molecule has 0 spiro atoms. The van der Waals surface area contributed by atoms with Gasteiger partial charge in [0.1, 0.15) is 17.5 Å². The first-order valence-electron chi connectivity index (χ1n) is 11.0. The zero-order valence-corrected chi connectivity index (χ0v) is 18.9. The molecule has 5 rings (SSSR count). The van der Waals surface area contributed by atoms with Crippen molar-refractivity contribution in [3.63, 3.8) is 0 Å². The second-order valence-electron chi connectivity index (χ2n) is 8.33. The minimum Gasteiger partial charge on any atom is -0.454 e. The molecule has 0 bridgehead atoms. The number of rotatable bonds is 7. The molecule has 3 heterocycles. The molecule has 0 fully saturated rings. The van der Waals surface area contributed by atoms with Crippen LogP contribution in [-0.2, 0) is 13.0 Å². The van der Waals surface area contributed by atoms with Crippen LogP contribution in [0.1, 0.15) is 17.1 Å². The van der Waals surface area contributed by atoms with Crippen molar-refractivity contribution >= 4 is 0 Å². The van der Waals surface area contributed by atoms with Gasteiger partial charge in [0.2, 0.25) is 6.79 Å². The number of aryl methyl sites for hydroxylation is 1. The molecule has 2 aromatic heterocycles. The summed E-state index contributed by atoms with van der Waals surface area (Å²) in [6.45, 7) is 3.08. The summed E-state index contributed by atoms with van der Waals surface area (Å²) in [7, 11) is 1.89. The van der Waals surface area contributed by atoms with Gasteiger partial charge in [0.25, 0.3) is 0 Å². The molecule has 0 amide bonds. The summed E-state index contributed by atoms with van der Waals surface area (Å²) >= 11 is 0. The van der Waals surface area contributed by atoms with Crippen molar-refractivity contribution in [1.29, 1.82) is 0 Å². The molecule has 2 aromatic carbocycles. The van der Waals surface area contributed by atoms with Gasteiger partial charge in [-0.05, 0) is 62.9 Å². The van der Waals surface area contributed by atoms with Crippen molar-refractivity contribution in [3.05, 3.63) is 83.3 Å². The van der Waals surface area contributed by atoms with Gasteiger partial charge in [-0.2, -0.15) is 0 Å². The van der Waals surface area contributed by atoms with Gasteiger partial charge < -0.3 is 14.5 Å². The lowest BCUT2D eigenvalue weighted by molar-refractivity contribution is 0.174. The number of aromatic amines is 1. The molecule has 0 saturated carbocycles. The van der Waals surface area contributed by atoms with E-state index in [9.17, 15) is 8.78 Å². The Hall–Kier alpha value is -3.78. The Kier molecular flexibility index (Phi) is 5.98. The van der Waals surface area contributed by atoms with Crippen molar-refractivity contribution < 1.29 is 18.3 Å². The molecule has 1 N–H and O–H groups in total. The Morgan fingerprint density at radius 3 is 2.53 bits per heavy atom. The molecule has 0 unspecified atom stereocenters. The monoisotopic (exact) mass is 462 g/mol. The maximum Gasteiger partial charge on any atom is 0.231 e. The first kappa shape index (κ1) is 22.0. The first-order chi connectivity index (χ1) is 16.5. The Labute approximate surface area is 196 Å². The maximum atomic E-state index is 14.0. The lowest BCUT2D eigenvalue weighted by Crippen LogP contribution is -2.22. The van der Waals surface area contributed by atoms with Crippen LogP contribution in [0, 0.1) is 18.6 Å². The molecule has 0 saturated heterocycles. The van der Waals surface area contributed by atoms with E-state index < -0.39 is 11.6 Å². The predicted octanol–water partition coefficient (Wildman–Crippen LogP) is 5.13. The van der Waals surface area contributed by atoms with Crippen LogP contribution in [-0.4, -0.2) is 40.2 Å². The number of nitrogens with zero attached hydrogens (tertiary/aromatic N) is 3. The quantitative estimate of drug-likeness (QED) is 0.413. The minimum atomic E-state index is -0.524. The van der Waals surface area contributed by atoms with Crippen molar-refractivity contribution in [2.45, 2.75) is 19.9 Å². The second-order valence-corrected chi connectivity index (χ2v) is 8.33. The van der Waals surface area contributed by atoms with Gasteiger partial charge in [0.15, 0.2) is 11.5 Å². The second kappa shape index (κ2) is 9.23. The molecule has 174 valence electrons. The summed E-state index contributed by atoms with van der Waals surface area (Å²) in [6.07, 6.45) is 0.261. The maximum absolute atomic E-state index is 14.0. The van der Waals surface area contributed by atoms with Crippen molar-refractivity contribution in [2.75, 3.05) is 20.4 Å². The topological polar surface area (TPSA) is 63.3 Å². The highest BCUT2D eigenvalue weighted by Crippen LogP contribution is 2.38. The van der Waals surface area contributed by atoms with Gasteiger partial charge in [0, 0.05) is 23.4 Å². The van der Waals surface area contributed by atoms with E-state index in [-0.39, 0.29) is 18.8 Å². The Morgan fingerprint density at radius 2 is 1.74 bits per heavy atom. The standard InChI is InChI=1S/C26H24F2N4O2/c1-16-5-3-8-21(29-16)26-25(17-9-10-22-23(13-17)34-15-33-22)30-24(31-26)14-32(2)12-11-18-19(27)6-4-7-20(18)28/h3-10,13H,11-12,14-15H2,1-2H3,(H,30,31).